The van der Waals surface area contributed by atoms with Crippen molar-refractivity contribution in [3.63, 3.8) is 0 Å². The summed E-state index contributed by atoms with van der Waals surface area (Å²) in [5, 5.41) is 3.12. The molecule has 1 atom stereocenters. The van der Waals surface area contributed by atoms with Crippen molar-refractivity contribution in [3.8, 4) is 0 Å². The van der Waals surface area contributed by atoms with Gasteiger partial charge in [0.25, 0.3) is 5.91 Å². The third kappa shape index (κ3) is 4.38. The van der Waals surface area contributed by atoms with Crippen LogP contribution in [-0.4, -0.2) is 31.7 Å². The van der Waals surface area contributed by atoms with Gasteiger partial charge in [0.1, 0.15) is 0 Å². The number of carbonyl (C=O) groups excluding carboxylic acids is 1. The Labute approximate surface area is 173 Å². The first kappa shape index (κ1) is 20.1. The Hall–Kier alpha value is -2.18. The van der Waals surface area contributed by atoms with Gasteiger partial charge in [0.15, 0.2) is 0 Å². The van der Waals surface area contributed by atoms with Crippen LogP contribution in [0.15, 0.2) is 53.4 Å². The van der Waals surface area contributed by atoms with Gasteiger partial charge in [0, 0.05) is 18.7 Å². The molecule has 1 heterocycles. The van der Waals surface area contributed by atoms with Gasteiger partial charge in [-0.2, -0.15) is 4.31 Å². The van der Waals surface area contributed by atoms with Crippen molar-refractivity contribution in [2.75, 3.05) is 13.1 Å². The number of carbonyl (C=O) groups is 1. The van der Waals surface area contributed by atoms with Gasteiger partial charge in [-0.05, 0) is 67.5 Å². The molecule has 2 aromatic rings. The summed E-state index contributed by atoms with van der Waals surface area (Å²) in [6, 6.07) is 14.6. The van der Waals surface area contributed by atoms with E-state index in [1.807, 2.05) is 12.1 Å². The molecular formula is C23H28N2O3S. The smallest absolute Gasteiger partial charge is 0.251 e. The molecule has 154 valence electrons. The maximum Gasteiger partial charge on any atom is 0.251 e. The normalized spacial score (nSPS) is 20.5. The van der Waals surface area contributed by atoms with Crippen molar-refractivity contribution < 1.29 is 13.2 Å². The molecule has 1 aliphatic carbocycles. The summed E-state index contributed by atoms with van der Waals surface area (Å²) in [5.74, 6) is -0.162. The van der Waals surface area contributed by atoms with Gasteiger partial charge in [0.2, 0.25) is 10.0 Å². The number of rotatable bonds is 4. The molecule has 0 radical (unpaired) electrons. The van der Waals surface area contributed by atoms with Crippen molar-refractivity contribution in [3.05, 3.63) is 65.2 Å². The fraction of sp³-hybridized carbons (Fsp3) is 0.435. The van der Waals surface area contributed by atoms with E-state index in [2.05, 4.69) is 17.4 Å². The van der Waals surface area contributed by atoms with Crippen molar-refractivity contribution in [1.29, 1.82) is 0 Å². The van der Waals surface area contributed by atoms with E-state index >= 15 is 0 Å². The highest BCUT2D eigenvalue weighted by molar-refractivity contribution is 7.89. The van der Waals surface area contributed by atoms with Crippen molar-refractivity contribution in [1.82, 2.24) is 9.62 Å². The summed E-state index contributed by atoms with van der Waals surface area (Å²) in [6.07, 6.45) is 6.99. The number of amides is 1. The first-order valence-electron chi connectivity index (χ1n) is 10.5. The number of aryl methyl sites for hydroxylation is 1. The fourth-order valence-corrected chi connectivity index (χ4v) is 5.87. The Morgan fingerprint density at radius 2 is 1.59 bits per heavy atom. The van der Waals surface area contributed by atoms with E-state index in [1.54, 1.807) is 28.6 Å². The van der Waals surface area contributed by atoms with Crippen LogP contribution in [0.1, 0.15) is 66.1 Å². The van der Waals surface area contributed by atoms with Crippen LogP contribution in [0.25, 0.3) is 0 Å². The molecule has 0 spiro atoms. The minimum atomic E-state index is -3.49. The van der Waals surface area contributed by atoms with Gasteiger partial charge in [-0.25, -0.2) is 8.42 Å². The van der Waals surface area contributed by atoms with Crippen LogP contribution in [0, 0.1) is 0 Å². The molecule has 2 aromatic carbocycles. The van der Waals surface area contributed by atoms with E-state index in [0.29, 0.717) is 18.7 Å². The van der Waals surface area contributed by atoms with E-state index in [4.69, 9.17) is 0 Å². The Bertz CT molecular complexity index is 962. The number of nitrogens with one attached hydrogen (secondary N) is 1. The second kappa shape index (κ2) is 8.67. The average molecular weight is 413 g/mol. The fourth-order valence-electron chi connectivity index (χ4n) is 4.35. The molecule has 0 aromatic heterocycles. The average Bonchev–Trinajstić information content (AvgIpc) is 3.04. The second-order valence-corrected chi connectivity index (χ2v) is 9.90. The third-order valence-corrected chi connectivity index (χ3v) is 7.91. The molecule has 1 amide bonds. The van der Waals surface area contributed by atoms with E-state index in [1.165, 1.54) is 11.1 Å². The van der Waals surface area contributed by atoms with Crippen LogP contribution < -0.4 is 5.32 Å². The molecule has 0 bridgehead atoms. The second-order valence-electron chi connectivity index (χ2n) is 7.96. The maximum atomic E-state index is 12.9. The molecule has 2 aliphatic rings. The molecule has 29 heavy (non-hydrogen) atoms. The highest BCUT2D eigenvalue weighted by Crippen LogP contribution is 2.29. The van der Waals surface area contributed by atoms with E-state index in [9.17, 15) is 13.2 Å². The van der Waals surface area contributed by atoms with Gasteiger partial charge in [-0.3, -0.25) is 4.79 Å². The molecule has 1 aliphatic heterocycles. The van der Waals surface area contributed by atoms with Gasteiger partial charge in [-0.15, -0.1) is 0 Å². The molecule has 1 fully saturated rings. The highest BCUT2D eigenvalue weighted by atomic mass is 32.2. The molecule has 1 N–H and O–H groups in total. The summed E-state index contributed by atoms with van der Waals surface area (Å²) in [6.45, 7) is 1.15. The van der Waals surface area contributed by atoms with Crippen LogP contribution in [0.4, 0.5) is 0 Å². The predicted octanol–water partition coefficient (Wildman–Crippen LogP) is 4.06. The van der Waals surface area contributed by atoms with E-state index < -0.39 is 10.0 Å². The number of hydrogen-bond donors (Lipinski definition) is 1. The zero-order valence-electron chi connectivity index (χ0n) is 16.6. The first-order chi connectivity index (χ1) is 14.1. The summed E-state index contributed by atoms with van der Waals surface area (Å²) in [4.78, 5) is 13.0. The third-order valence-electron chi connectivity index (χ3n) is 5.99. The van der Waals surface area contributed by atoms with Crippen molar-refractivity contribution >= 4 is 15.9 Å². The van der Waals surface area contributed by atoms with Gasteiger partial charge >= 0.3 is 0 Å². The van der Waals surface area contributed by atoms with Crippen molar-refractivity contribution in [2.45, 2.75) is 55.9 Å². The zero-order chi connectivity index (χ0) is 20.3. The predicted molar refractivity (Wildman–Crippen MR) is 113 cm³/mol. The number of sulfonamides is 1. The summed E-state index contributed by atoms with van der Waals surface area (Å²) in [5.41, 5.74) is 2.97. The number of fused-ring (bicyclic) bond motifs is 1. The topological polar surface area (TPSA) is 66.5 Å². The largest absolute Gasteiger partial charge is 0.345 e. The maximum absolute atomic E-state index is 12.9. The number of benzene rings is 2. The minimum Gasteiger partial charge on any atom is -0.345 e. The summed E-state index contributed by atoms with van der Waals surface area (Å²) in [7, 11) is -3.49. The molecule has 6 heteroatoms. The van der Waals surface area contributed by atoms with Crippen LogP contribution >= 0.6 is 0 Å². The Morgan fingerprint density at radius 1 is 0.897 bits per heavy atom. The van der Waals surface area contributed by atoms with Gasteiger partial charge in [-0.1, -0.05) is 37.1 Å². The quantitative estimate of drug-likeness (QED) is 0.824. The molecule has 4 rings (SSSR count). The lowest BCUT2D eigenvalue weighted by atomic mass is 9.87. The lowest BCUT2D eigenvalue weighted by Crippen LogP contribution is -2.32. The molecule has 1 saturated heterocycles. The van der Waals surface area contributed by atoms with Crippen LogP contribution in [0.5, 0.6) is 0 Å². The molecular weight excluding hydrogens is 384 g/mol. The summed E-state index contributed by atoms with van der Waals surface area (Å²) < 4.78 is 27.4. The highest BCUT2D eigenvalue weighted by Gasteiger charge is 2.26. The summed E-state index contributed by atoms with van der Waals surface area (Å²) >= 11 is 0. The SMILES string of the molecule is O=C(N[C@H]1CCCc2ccccc21)c1ccc(S(=O)(=O)N2CCCCCC2)cc1. The standard InChI is InChI=1S/C23H28N2O3S/c26-23(24-22-11-7-9-18-8-3-4-10-21(18)22)19-12-14-20(15-13-19)29(27,28)25-16-5-1-2-6-17-25/h3-4,8,10,12-15,22H,1-2,5-7,9,11,16-17H2,(H,24,26)/t22-/m0/s1. The number of hydrogen-bond acceptors (Lipinski definition) is 3. The van der Waals surface area contributed by atoms with Gasteiger partial charge in [0.05, 0.1) is 10.9 Å². The lowest BCUT2D eigenvalue weighted by Gasteiger charge is -2.26. The minimum absolute atomic E-state index is 0.00737. The van der Waals surface area contributed by atoms with E-state index in [-0.39, 0.29) is 16.8 Å². The molecule has 5 nitrogen and oxygen atoms in total. The first-order valence-corrected chi connectivity index (χ1v) is 12.0. The van der Waals surface area contributed by atoms with Crippen LogP contribution in [-0.2, 0) is 16.4 Å². The van der Waals surface area contributed by atoms with Crippen LogP contribution in [0.3, 0.4) is 0 Å². The zero-order valence-corrected chi connectivity index (χ0v) is 17.5. The molecule has 0 unspecified atom stereocenters. The van der Waals surface area contributed by atoms with Gasteiger partial charge < -0.3 is 5.32 Å². The number of nitrogens with zero attached hydrogens (tertiary/aromatic N) is 1. The molecule has 0 saturated carbocycles. The Balaban J connectivity index is 1.47. The Morgan fingerprint density at radius 3 is 2.31 bits per heavy atom. The lowest BCUT2D eigenvalue weighted by molar-refractivity contribution is 0.0932. The van der Waals surface area contributed by atoms with Crippen LogP contribution in [0.2, 0.25) is 0 Å². The monoisotopic (exact) mass is 412 g/mol. The van der Waals surface area contributed by atoms with Crippen molar-refractivity contribution in [2.24, 2.45) is 0 Å². The Kier molecular flexibility index (Phi) is 6.01. The van der Waals surface area contributed by atoms with E-state index in [0.717, 1.165) is 44.9 Å².